The predicted octanol–water partition coefficient (Wildman–Crippen LogP) is 2.11. The van der Waals surface area contributed by atoms with E-state index in [-0.39, 0.29) is 5.92 Å². The number of hydrogen-bond acceptors (Lipinski definition) is 2. The molecule has 0 fully saturated rings. The summed E-state index contributed by atoms with van der Waals surface area (Å²) in [6.07, 6.45) is -0.816. The summed E-state index contributed by atoms with van der Waals surface area (Å²) >= 11 is 5.82. The van der Waals surface area contributed by atoms with Crippen LogP contribution in [0.2, 0.25) is 5.02 Å². The molecule has 0 aliphatic carbocycles. The van der Waals surface area contributed by atoms with E-state index >= 15 is 0 Å². The van der Waals surface area contributed by atoms with Gasteiger partial charge in [-0.2, -0.15) is 0 Å². The average molecular weight is 218 g/mol. The maximum atomic E-state index is 12.9. The van der Waals surface area contributed by atoms with Crippen LogP contribution in [0.4, 0.5) is 4.39 Å². The van der Waals surface area contributed by atoms with Crippen molar-refractivity contribution < 1.29 is 9.50 Å². The number of halogens is 2. The normalized spacial score (nSPS) is 15.2. The molecule has 2 nitrogen and oxygen atoms in total. The fourth-order valence-corrected chi connectivity index (χ4v) is 1.41. The maximum absolute atomic E-state index is 12.9. The van der Waals surface area contributed by atoms with Gasteiger partial charge in [0.05, 0.1) is 6.10 Å². The molecule has 3 N–H and O–H groups in total. The molecule has 78 valence electrons. The zero-order chi connectivity index (χ0) is 10.7. The van der Waals surface area contributed by atoms with E-state index in [1.807, 2.05) is 0 Å². The van der Waals surface area contributed by atoms with Crippen LogP contribution >= 0.6 is 11.6 Å². The summed E-state index contributed by atoms with van der Waals surface area (Å²) in [6.45, 7) is 2.11. The van der Waals surface area contributed by atoms with E-state index in [2.05, 4.69) is 0 Å². The summed E-state index contributed by atoms with van der Waals surface area (Å²) in [5, 5.41) is 10.1. The lowest BCUT2D eigenvalue weighted by molar-refractivity contribution is 0.121. The van der Waals surface area contributed by atoms with Gasteiger partial charge in [0.2, 0.25) is 0 Å². The van der Waals surface area contributed by atoms with E-state index in [1.165, 1.54) is 18.2 Å². The van der Waals surface area contributed by atoms with E-state index in [9.17, 15) is 9.50 Å². The lowest BCUT2D eigenvalue weighted by atomic mass is 9.97. The summed E-state index contributed by atoms with van der Waals surface area (Å²) in [6, 6.07) is 3.92. The molecule has 0 saturated heterocycles. The minimum atomic E-state index is -0.816. The number of nitrogens with two attached hydrogens (primary N) is 1. The van der Waals surface area contributed by atoms with Crippen molar-refractivity contribution >= 4 is 11.6 Å². The molecule has 0 aliphatic heterocycles. The van der Waals surface area contributed by atoms with Gasteiger partial charge in [0.1, 0.15) is 5.82 Å². The van der Waals surface area contributed by atoms with Crippen LogP contribution in [0.15, 0.2) is 18.2 Å². The Kier molecular flexibility index (Phi) is 3.86. The van der Waals surface area contributed by atoms with Crippen LogP contribution < -0.4 is 5.73 Å². The van der Waals surface area contributed by atoms with Gasteiger partial charge in [-0.15, -0.1) is 0 Å². The number of rotatable bonds is 3. The van der Waals surface area contributed by atoms with E-state index in [4.69, 9.17) is 17.3 Å². The zero-order valence-corrected chi connectivity index (χ0v) is 8.63. The van der Waals surface area contributed by atoms with Crippen molar-refractivity contribution in [2.75, 3.05) is 6.54 Å². The first-order chi connectivity index (χ1) is 6.56. The summed E-state index contributed by atoms with van der Waals surface area (Å²) in [5.41, 5.74) is 5.79. The van der Waals surface area contributed by atoms with Gasteiger partial charge >= 0.3 is 0 Å². The first-order valence-electron chi connectivity index (χ1n) is 4.39. The Morgan fingerprint density at radius 1 is 1.57 bits per heavy atom. The molecule has 0 aromatic heterocycles. The number of aliphatic hydroxyl groups excluding tert-OH is 1. The molecule has 1 rings (SSSR count). The van der Waals surface area contributed by atoms with Crippen LogP contribution in [0.5, 0.6) is 0 Å². The van der Waals surface area contributed by atoms with Crippen LogP contribution in [0.1, 0.15) is 18.6 Å². The average Bonchev–Trinajstić information content (AvgIpc) is 2.19. The molecule has 0 bridgehead atoms. The maximum Gasteiger partial charge on any atom is 0.123 e. The van der Waals surface area contributed by atoms with Crippen LogP contribution in [-0.2, 0) is 0 Å². The highest BCUT2D eigenvalue weighted by Crippen LogP contribution is 2.28. The molecule has 4 heteroatoms. The summed E-state index contributed by atoms with van der Waals surface area (Å²) in [4.78, 5) is 0. The Bertz CT molecular complexity index is 319. The van der Waals surface area contributed by atoms with Crippen LogP contribution in [0.25, 0.3) is 0 Å². The predicted molar refractivity (Wildman–Crippen MR) is 54.6 cm³/mol. The SMILES string of the molecule is CC(CN)C(O)c1cc(F)ccc1Cl. The van der Waals surface area contributed by atoms with Gasteiger partial charge in [0, 0.05) is 10.6 Å². The molecule has 0 radical (unpaired) electrons. The van der Waals surface area contributed by atoms with Gasteiger partial charge in [0.25, 0.3) is 0 Å². The molecule has 0 amide bonds. The van der Waals surface area contributed by atoms with E-state index in [0.29, 0.717) is 17.1 Å². The molecule has 0 heterocycles. The third-order valence-corrected chi connectivity index (χ3v) is 2.53. The van der Waals surface area contributed by atoms with Crippen molar-refractivity contribution in [2.45, 2.75) is 13.0 Å². The second-order valence-corrected chi connectivity index (χ2v) is 3.73. The zero-order valence-electron chi connectivity index (χ0n) is 7.87. The highest BCUT2D eigenvalue weighted by Gasteiger charge is 2.18. The van der Waals surface area contributed by atoms with Gasteiger partial charge in [0.15, 0.2) is 0 Å². The molecule has 2 atom stereocenters. The number of aliphatic hydroxyl groups is 1. The Morgan fingerprint density at radius 2 is 2.21 bits per heavy atom. The first-order valence-corrected chi connectivity index (χ1v) is 4.77. The fourth-order valence-electron chi connectivity index (χ4n) is 1.18. The van der Waals surface area contributed by atoms with Gasteiger partial charge in [-0.3, -0.25) is 0 Å². The third kappa shape index (κ3) is 2.44. The molecule has 0 aliphatic rings. The van der Waals surface area contributed by atoms with Crippen LogP contribution in [-0.4, -0.2) is 11.7 Å². The molecule has 1 aromatic carbocycles. The van der Waals surface area contributed by atoms with Crippen molar-refractivity contribution in [3.05, 3.63) is 34.6 Å². The quantitative estimate of drug-likeness (QED) is 0.815. The summed E-state index contributed by atoms with van der Waals surface area (Å²) in [7, 11) is 0. The molecular weight excluding hydrogens is 205 g/mol. The standard InChI is InChI=1S/C10H13ClFNO/c1-6(5-13)10(14)8-4-7(12)2-3-9(8)11/h2-4,6,10,14H,5,13H2,1H3. The minimum absolute atomic E-state index is 0.144. The second-order valence-electron chi connectivity index (χ2n) is 3.32. The fraction of sp³-hybridized carbons (Fsp3) is 0.400. The number of hydrogen-bond donors (Lipinski definition) is 2. The molecule has 1 aromatic rings. The Morgan fingerprint density at radius 3 is 2.79 bits per heavy atom. The van der Waals surface area contributed by atoms with Crippen LogP contribution in [0.3, 0.4) is 0 Å². The second kappa shape index (κ2) is 4.73. The highest BCUT2D eigenvalue weighted by atomic mass is 35.5. The van der Waals surface area contributed by atoms with Crippen molar-refractivity contribution in [2.24, 2.45) is 11.7 Å². The van der Waals surface area contributed by atoms with Gasteiger partial charge < -0.3 is 10.8 Å². The minimum Gasteiger partial charge on any atom is -0.388 e. The monoisotopic (exact) mass is 217 g/mol. The Balaban J connectivity index is 2.99. The van der Waals surface area contributed by atoms with Gasteiger partial charge in [-0.05, 0) is 30.7 Å². The smallest absolute Gasteiger partial charge is 0.123 e. The largest absolute Gasteiger partial charge is 0.388 e. The van der Waals surface area contributed by atoms with Crippen molar-refractivity contribution in [1.82, 2.24) is 0 Å². The summed E-state index contributed by atoms with van der Waals surface area (Å²) in [5.74, 6) is -0.554. The molecule has 0 saturated carbocycles. The lowest BCUT2D eigenvalue weighted by Gasteiger charge is -2.18. The van der Waals surface area contributed by atoms with Crippen molar-refractivity contribution in [3.8, 4) is 0 Å². The Hall–Kier alpha value is -0.640. The van der Waals surface area contributed by atoms with Gasteiger partial charge in [-0.1, -0.05) is 18.5 Å². The third-order valence-electron chi connectivity index (χ3n) is 2.19. The molecule has 0 spiro atoms. The topological polar surface area (TPSA) is 46.2 Å². The molecule has 14 heavy (non-hydrogen) atoms. The highest BCUT2D eigenvalue weighted by molar-refractivity contribution is 6.31. The van der Waals surface area contributed by atoms with Crippen molar-refractivity contribution in [3.63, 3.8) is 0 Å². The van der Waals surface area contributed by atoms with E-state index < -0.39 is 11.9 Å². The van der Waals surface area contributed by atoms with E-state index in [1.54, 1.807) is 6.92 Å². The lowest BCUT2D eigenvalue weighted by Crippen LogP contribution is -2.19. The van der Waals surface area contributed by atoms with Gasteiger partial charge in [-0.25, -0.2) is 4.39 Å². The Labute approximate surface area is 87.5 Å². The van der Waals surface area contributed by atoms with Crippen molar-refractivity contribution in [1.29, 1.82) is 0 Å². The van der Waals surface area contributed by atoms with E-state index in [0.717, 1.165) is 0 Å². The first kappa shape index (κ1) is 11.4. The van der Waals surface area contributed by atoms with Crippen LogP contribution in [0, 0.1) is 11.7 Å². The number of benzene rings is 1. The molecular formula is C10H13ClFNO. The molecule has 2 unspecified atom stereocenters. The summed E-state index contributed by atoms with van der Waals surface area (Å²) < 4.78 is 12.9.